The molecule has 0 aliphatic carbocycles. The molecule has 7 heteroatoms. The number of aromatic hydroxyl groups is 1. The maximum Gasteiger partial charge on any atom is 0.307 e. The average Bonchev–Trinajstić information content (AvgIpc) is 2.36. The molecule has 2 aromatic rings. The Morgan fingerprint density at radius 1 is 1.16 bits per heavy atom. The van der Waals surface area contributed by atoms with Gasteiger partial charge in [-0.25, -0.2) is 12.4 Å². The Morgan fingerprint density at radius 3 is 2.32 bits per heavy atom. The zero-order valence-corrected chi connectivity index (χ0v) is 12.3. The van der Waals surface area contributed by atoms with Crippen molar-refractivity contribution < 1.29 is 13.5 Å². The van der Waals surface area contributed by atoms with E-state index >= 15 is 0 Å². The Kier molecular flexibility index (Phi) is 3.51. The maximum absolute atomic E-state index is 12.3. The summed E-state index contributed by atoms with van der Waals surface area (Å²) in [5.74, 6) is -0.641. The number of benzene rings is 1. The van der Waals surface area contributed by atoms with Gasteiger partial charge in [-0.1, -0.05) is 17.7 Å². The number of hydrogen-bond donors (Lipinski definition) is 1. The van der Waals surface area contributed by atoms with Gasteiger partial charge in [0.15, 0.2) is 5.75 Å². The van der Waals surface area contributed by atoms with Crippen molar-refractivity contribution in [1.29, 1.82) is 0 Å². The summed E-state index contributed by atoms with van der Waals surface area (Å²) in [5.41, 5.74) is -0.0834. The third-order valence-electron chi connectivity index (χ3n) is 2.56. The molecule has 0 fully saturated rings. The molecule has 0 atom stereocenters. The molecule has 19 heavy (non-hydrogen) atoms. The van der Waals surface area contributed by atoms with Gasteiger partial charge in [0.25, 0.3) is 10.0 Å². The van der Waals surface area contributed by atoms with E-state index in [1.54, 1.807) is 12.1 Å². The molecule has 2 rings (SSSR count). The average molecular weight is 344 g/mol. The normalized spacial score (nSPS) is 11.5. The van der Waals surface area contributed by atoms with Crippen LogP contribution in [0.3, 0.4) is 0 Å². The summed E-state index contributed by atoms with van der Waals surface area (Å²) < 4.78 is 25.2. The maximum atomic E-state index is 12.3. The van der Waals surface area contributed by atoms with Crippen LogP contribution in [0.2, 0.25) is 0 Å². The van der Waals surface area contributed by atoms with E-state index in [0.717, 1.165) is 11.8 Å². The highest BCUT2D eigenvalue weighted by Gasteiger charge is 2.20. The van der Waals surface area contributed by atoms with E-state index in [2.05, 4.69) is 15.9 Å². The summed E-state index contributed by atoms with van der Waals surface area (Å²) in [6.45, 7) is 1.83. The van der Waals surface area contributed by atoms with Crippen molar-refractivity contribution in [2.75, 3.05) is 0 Å². The molecule has 0 spiro atoms. The van der Waals surface area contributed by atoms with Crippen molar-refractivity contribution in [3.8, 4) is 5.75 Å². The van der Waals surface area contributed by atoms with Crippen molar-refractivity contribution in [3.63, 3.8) is 0 Å². The molecule has 5 nitrogen and oxygen atoms in total. The Bertz CT molecular complexity index is 778. The summed E-state index contributed by atoms with van der Waals surface area (Å²) in [6.07, 6.45) is 1.10. The van der Waals surface area contributed by atoms with Crippen LogP contribution in [0.25, 0.3) is 0 Å². The molecule has 0 unspecified atom stereocenters. The molecule has 0 saturated carbocycles. The number of aromatic nitrogens is 1. The van der Waals surface area contributed by atoms with Gasteiger partial charge < -0.3 is 5.11 Å². The molecule has 1 aromatic carbocycles. The molecule has 1 heterocycles. The molecular weight excluding hydrogens is 334 g/mol. The van der Waals surface area contributed by atoms with E-state index in [1.165, 1.54) is 18.2 Å². The first-order valence-electron chi connectivity index (χ1n) is 5.26. The Labute approximate surface area is 118 Å². The molecule has 0 saturated heterocycles. The second kappa shape index (κ2) is 4.82. The number of aryl methyl sites for hydroxylation is 1. The molecule has 0 bridgehead atoms. The van der Waals surface area contributed by atoms with Crippen LogP contribution in [0, 0.1) is 6.92 Å². The number of hydrogen-bond acceptors (Lipinski definition) is 4. The lowest BCUT2D eigenvalue weighted by Gasteiger charge is -2.08. The van der Waals surface area contributed by atoms with Crippen molar-refractivity contribution in [1.82, 2.24) is 3.97 Å². The molecule has 0 aliphatic heterocycles. The highest BCUT2D eigenvalue weighted by Crippen LogP contribution is 2.20. The Morgan fingerprint density at radius 2 is 1.74 bits per heavy atom. The third-order valence-corrected chi connectivity index (χ3v) is 4.88. The van der Waals surface area contributed by atoms with Crippen LogP contribution in [0.4, 0.5) is 0 Å². The van der Waals surface area contributed by atoms with E-state index < -0.39 is 21.3 Å². The highest BCUT2D eigenvalue weighted by molar-refractivity contribution is 9.10. The van der Waals surface area contributed by atoms with Crippen LogP contribution < -0.4 is 5.56 Å². The first kappa shape index (κ1) is 13.8. The fraction of sp³-hybridized carbons (Fsp3) is 0.0833. The molecule has 0 amide bonds. The zero-order valence-electron chi connectivity index (χ0n) is 9.87. The minimum absolute atomic E-state index is 0.0121. The SMILES string of the molecule is Cc1ccc(S(=O)(=O)n2ccc(Br)c(O)c2=O)cc1. The number of rotatable bonds is 2. The molecule has 100 valence electrons. The monoisotopic (exact) mass is 343 g/mol. The Hall–Kier alpha value is -1.60. The predicted octanol–water partition coefficient (Wildman–Crippen LogP) is 1.86. The first-order chi connectivity index (χ1) is 8.84. The summed E-state index contributed by atoms with van der Waals surface area (Å²) >= 11 is 2.95. The highest BCUT2D eigenvalue weighted by atomic mass is 79.9. The van der Waals surface area contributed by atoms with Gasteiger partial charge in [-0.05, 0) is 41.1 Å². The third kappa shape index (κ3) is 2.43. The molecule has 1 N–H and O–H groups in total. The Balaban J connectivity index is 2.67. The number of halogens is 1. The summed E-state index contributed by atoms with van der Waals surface area (Å²) in [7, 11) is -4.00. The van der Waals surface area contributed by atoms with Crippen LogP contribution in [0.1, 0.15) is 5.56 Å². The van der Waals surface area contributed by atoms with Crippen molar-refractivity contribution in [2.24, 2.45) is 0 Å². The van der Waals surface area contributed by atoms with Gasteiger partial charge in [0, 0.05) is 6.20 Å². The minimum atomic E-state index is -4.00. The molecule has 0 aliphatic rings. The van der Waals surface area contributed by atoms with E-state index in [1.807, 2.05) is 6.92 Å². The quantitative estimate of drug-likeness (QED) is 0.902. The first-order valence-corrected chi connectivity index (χ1v) is 7.49. The van der Waals surface area contributed by atoms with E-state index in [0.29, 0.717) is 3.97 Å². The minimum Gasteiger partial charge on any atom is -0.502 e. The fourth-order valence-electron chi connectivity index (χ4n) is 1.50. The summed E-state index contributed by atoms with van der Waals surface area (Å²) in [4.78, 5) is 11.8. The van der Waals surface area contributed by atoms with Crippen LogP contribution in [0.15, 0.2) is 50.7 Å². The summed E-state index contributed by atoms with van der Waals surface area (Å²) in [5, 5.41) is 9.50. The van der Waals surface area contributed by atoms with Gasteiger partial charge in [-0.3, -0.25) is 4.79 Å². The van der Waals surface area contributed by atoms with Gasteiger partial charge in [0.1, 0.15) is 0 Å². The summed E-state index contributed by atoms with van der Waals surface area (Å²) in [6, 6.07) is 7.39. The van der Waals surface area contributed by atoms with Crippen molar-refractivity contribution >= 4 is 26.0 Å². The zero-order chi connectivity index (χ0) is 14.2. The van der Waals surface area contributed by atoms with Gasteiger partial charge in [0.05, 0.1) is 9.37 Å². The second-order valence-corrected chi connectivity index (χ2v) is 6.60. The van der Waals surface area contributed by atoms with Gasteiger partial charge in [-0.2, -0.15) is 0 Å². The number of pyridine rings is 1. The molecule has 0 radical (unpaired) electrons. The molecular formula is C12H10BrNO4S. The van der Waals surface area contributed by atoms with Crippen molar-refractivity contribution in [2.45, 2.75) is 11.8 Å². The van der Waals surface area contributed by atoms with E-state index in [9.17, 15) is 18.3 Å². The topological polar surface area (TPSA) is 76.4 Å². The lowest BCUT2D eigenvalue weighted by atomic mass is 10.2. The van der Waals surface area contributed by atoms with Crippen LogP contribution in [-0.4, -0.2) is 17.5 Å². The second-order valence-electron chi connectivity index (χ2n) is 3.93. The smallest absolute Gasteiger partial charge is 0.307 e. The fourth-order valence-corrected chi connectivity index (χ4v) is 3.02. The van der Waals surface area contributed by atoms with E-state index in [-0.39, 0.29) is 9.37 Å². The van der Waals surface area contributed by atoms with Gasteiger partial charge in [0.2, 0.25) is 0 Å². The predicted molar refractivity (Wildman–Crippen MR) is 73.8 cm³/mol. The van der Waals surface area contributed by atoms with Crippen LogP contribution in [0.5, 0.6) is 5.75 Å². The van der Waals surface area contributed by atoms with Crippen LogP contribution in [-0.2, 0) is 10.0 Å². The van der Waals surface area contributed by atoms with Crippen LogP contribution >= 0.6 is 15.9 Å². The lowest BCUT2D eigenvalue weighted by molar-refractivity contribution is 0.460. The van der Waals surface area contributed by atoms with E-state index in [4.69, 9.17) is 0 Å². The standard InChI is InChI=1S/C12H10BrNO4S/c1-8-2-4-9(5-3-8)19(17,18)14-7-6-10(13)11(15)12(14)16/h2-7,15H,1H3. The van der Waals surface area contributed by atoms with Gasteiger partial charge in [-0.15, -0.1) is 0 Å². The largest absolute Gasteiger partial charge is 0.502 e. The molecule has 1 aromatic heterocycles. The number of nitrogens with zero attached hydrogens (tertiary/aromatic N) is 1. The van der Waals surface area contributed by atoms with Crippen molar-refractivity contribution in [3.05, 3.63) is 56.9 Å². The van der Waals surface area contributed by atoms with Gasteiger partial charge >= 0.3 is 5.56 Å². The lowest BCUT2D eigenvalue weighted by Crippen LogP contribution is -2.26.